The van der Waals surface area contributed by atoms with Crippen molar-refractivity contribution in [3.8, 4) is 0 Å². The van der Waals surface area contributed by atoms with Gasteiger partial charge in [-0.25, -0.2) is 0 Å². The maximum atomic E-state index is 6.06. The van der Waals surface area contributed by atoms with Crippen molar-refractivity contribution in [3.05, 3.63) is 34.3 Å². The Kier molecular flexibility index (Phi) is 5.26. The van der Waals surface area contributed by atoms with Gasteiger partial charge in [-0.3, -0.25) is 0 Å². The van der Waals surface area contributed by atoms with E-state index >= 15 is 0 Å². The van der Waals surface area contributed by atoms with Crippen LogP contribution in [0.5, 0.6) is 0 Å². The molecule has 1 N–H and O–H groups in total. The Balaban J connectivity index is 1.95. The van der Waals surface area contributed by atoms with Crippen LogP contribution in [0.25, 0.3) is 0 Å². The SMILES string of the molecule is CCN(CC)CC(C)NC1CCc2cc(Cl)ccc21. The first-order valence-corrected chi connectivity index (χ1v) is 7.78. The van der Waals surface area contributed by atoms with Crippen LogP contribution in [0.1, 0.15) is 44.4 Å². The summed E-state index contributed by atoms with van der Waals surface area (Å²) in [6, 6.07) is 7.33. The molecular weight excluding hydrogens is 256 g/mol. The molecular formula is C16H25ClN2. The molecule has 19 heavy (non-hydrogen) atoms. The monoisotopic (exact) mass is 280 g/mol. The third kappa shape index (κ3) is 3.71. The summed E-state index contributed by atoms with van der Waals surface area (Å²) in [5, 5.41) is 4.63. The van der Waals surface area contributed by atoms with Crippen molar-refractivity contribution in [2.75, 3.05) is 19.6 Å². The summed E-state index contributed by atoms with van der Waals surface area (Å²) < 4.78 is 0. The number of hydrogen-bond donors (Lipinski definition) is 1. The zero-order valence-corrected chi connectivity index (χ0v) is 13.0. The van der Waals surface area contributed by atoms with E-state index in [0.717, 1.165) is 31.1 Å². The molecule has 2 unspecified atom stereocenters. The topological polar surface area (TPSA) is 15.3 Å². The van der Waals surface area contributed by atoms with Crippen LogP contribution in [-0.2, 0) is 6.42 Å². The minimum absolute atomic E-state index is 0.498. The van der Waals surface area contributed by atoms with Crippen LogP contribution >= 0.6 is 11.6 Å². The van der Waals surface area contributed by atoms with Crippen LogP contribution in [0.15, 0.2) is 18.2 Å². The van der Waals surface area contributed by atoms with E-state index in [0.29, 0.717) is 12.1 Å². The summed E-state index contributed by atoms with van der Waals surface area (Å²) in [4.78, 5) is 2.47. The summed E-state index contributed by atoms with van der Waals surface area (Å²) >= 11 is 6.06. The fourth-order valence-electron chi connectivity index (χ4n) is 3.02. The molecule has 1 aromatic rings. The first-order valence-electron chi connectivity index (χ1n) is 7.40. The van der Waals surface area contributed by atoms with Crippen molar-refractivity contribution < 1.29 is 0 Å². The Morgan fingerprint density at radius 2 is 2.11 bits per heavy atom. The zero-order valence-electron chi connectivity index (χ0n) is 12.2. The quantitative estimate of drug-likeness (QED) is 0.856. The van der Waals surface area contributed by atoms with Gasteiger partial charge < -0.3 is 10.2 Å². The molecule has 2 nitrogen and oxygen atoms in total. The third-order valence-electron chi connectivity index (χ3n) is 4.09. The predicted molar refractivity (Wildman–Crippen MR) is 82.9 cm³/mol. The lowest BCUT2D eigenvalue weighted by molar-refractivity contribution is 0.261. The zero-order chi connectivity index (χ0) is 13.8. The van der Waals surface area contributed by atoms with E-state index in [-0.39, 0.29) is 0 Å². The Hall–Kier alpha value is -0.570. The molecule has 0 aromatic heterocycles. The summed E-state index contributed by atoms with van der Waals surface area (Å²) in [6.07, 6.45) is 2.34. The fourth-order valence-corrected chi connectivity index (χ4v) is 3.22. The van der Waals surface area contributed by atoms with Crippen molar-refractivity contribution in [2.24, 2.45) is 0 Å². The van der Waals surface area contributed by atoms with Gasteiger partial charge in [-0.15, -0.1) is 0 Å². The van der Waals surface area contributed by atoms with Crippen LogP contribution in [0.2, 0.25) is 5.02 Å². The number of likely N-dealkylation sites (N-methyl/N-ethyl adjacent to an activating group) is 1. The molecule has 1 aliphatic carbocycles. The van der Waals surface area contributed by atoms with E-state index in [1.54, 1.807) is 0 Å². The number of nitrogens with one attached hydrogen (secondary N) is 1. The average Bonchev–Trinajstić information content (AvgIpc) is 2.78. The first-order chi connectivity index (χ1) is 9.13. The summed E-state index contributed by atoms with van der Waals surface area (Å²) in [5.74, 6) is 0. The highest BCUT2D eigenvalue weighted by Crippen LogP contribution is 2.33. The summed E-state index contributed by atoms with van der Waals surface area (Å²) in [5.41, 5.74) is 2.86. The van der Waals surface area contributed by atoms with E-state index in [4.69, 9.17) is 11.6 Å². The van der Waals surface area contributed by atoms with Crippen molar-refractivity contribution in [2.45, 2.75) is 45.7 Å². The molecule has 2 atom stereocenters. The normalized spacial score (nSPS) is 19.7. The minimum atomic E-state index is 0.498. The average molecular weight is 281 g/mol. The molecule has 0 aliphatic heterocycles. The van der Waals surface area contributed by atoms with E-state index in [9.17, 15) is 0 Å². The number of rotatable bonds is 6. The standard InChI is InChI=1S/C16H25ClN2/c1-4-19(5-2)11-12(3)18-16-9-6-13-10-14(17)7-8-15(13)16/h7-8,10,12,16,18H,4-6,9,11H2,1-3H3. The van der Waals surface area contributed by atoms with Crippen molar-refractivity contribution in [1.82, 2.24) is 10.2 Å². The van der Waals surface area contributed by atoms with Gasteiger partial charge in [0.1, 0.15) is 0 Å². The van der Waals surface area contributed by atoms with Crippen LogP contribution in [0.4, 0.5) is 0 Å². The van der Waals surface area contributed by atoms with Gasteiger partial charge in [0.2, 0.25) is 0 Å². The lowest BCUT2D eigenvalue weighted by atomic mass is 10.1. The number of nitrogens with zero attached hydrogens (tertiary/aromatic N) is 1. The molecule has 3 heteroatoms. The Labute approximate surface area is 122 Å². The largest absolute Gasteiger partial charge is 0.306 e. The lowest BCUT2D eigenvalue weighted by Crippen LogP contribution is -2.40. The van der Waals surface area contributed by atoms with Gasteiger partial charge in [-0.2, -0.15) is 0 Å². The maximum absolute atomic E-state index is 6.06. The molecule has 0 spiro atoms. The van der Waals surface area contributed by atoms with E-state index in [2.05, 4.69) is 43.1 Å². The van der Waals surface area contributed by atoms with Gasteiger partial charge in [0.05, 0.1) is 0 Å². The summed E-state index contributed by atoms with van der Waals surface area (Å²) in [6.45, 7) is 10.1. The second kappa shape index (κ2) is 6.74. The molecule has 106 valence electrons. The number of halogens is 1. The first kappa shape index (κ1) is 14.8. The molecule has 2 rings (SSSR count). The lowest BCUT2D eigenvalue weighted by Gasteiger charge is -2.26. The Bertz CT molecular complexity index is 415. The number of fused-ring (bicyclic) bond motifs is 1. The number of aryl methyl sites for hydroxylation is 1. The van der Waals surface area contributed by atoms with Gasteiger partial charge in [-0.05, 0) is 56.1 Å². The van der Waals surface area contributed by atoms with E-state index < -0.39 is 0 Å². The van der Waals surface area contributed by atoms with E-state index in [1.807, 2.05) is 6.07 Å². The minimum Gasteiger partial charge on any atom is -0.306 e. The number of hydrogen-bond acceptors (Lipinski definition) is 2. The molecule has 0 amide bonds. The molecule has 1 aliphatic rings. The van der Waals surface area contributed by atoms with Crippen molar-refractivity contribution >= 4 is 11.6 Å². The van der Waals surface area contributed by atoms with Gasteiger partial charge in [-0.1, -0.05) is 31.5 Å². The molecule has 1 aromatic carbocycles. The molecule has 0 bridgehead atoms. The molecule has 0 radical (unpaired) electrons. The Morgan fingerprint density at radius 1 is 1.37 bits per heavy atom. The second-order valence-electron chi connectivity index (χ2n) is 5.49. The molecule has 0 saturated heterocycles. The van der Waals surface area contributed by atoms with Crippen molar-refractivity contribution in [3.63, 3.8) is 0 Å². The highest BCUT2D eigenvalue weighted by Gasteiger charge is 2.23. The smallest absolute Gasteiger partial charge is 0.0408 e. The molecule has 0 heterocycles. The predicted octanol–water partition coefficient (Wildman–Crippen LogP) is 3.65. The second-order valence-corrected chi connectivity index (χ2v) is 5.92. The van der Waals surface area contributed by atoms with Gasteiger partial charge in [0.15, 0.2) is 0 Å². The highest BCUT2D eigenvalue weighted by atomic mass is 35.5. The van der Waals surface area contributed by atoms with Gasteiger partial charge in [0, 0.05) is 23.7 Å². The third-order valence-corrected chi connectivity index (χ3v) is 4.33. The number of benzene rings is 1. The van der Waals surface area contributed by atoms with Crippen LogP contribution in [0, 0.1) is 0 Å². The Morgan fingerprint density at radius 3 is 2.79 bits per heavy atom. The van der Waals surface area contributed by atoms with Gasteiger partial charge in [0.25, 0.3) is 0 Å². The van der Waals surface area contributed by atoms with E-state index in [1.165, 1.54) is 17.5 Å². The van der Waals surface area contributed by atoms with Crippen molar-refractivity contribution in [1.29, 1.82) is 0 Å². The fraction of sp³-hybridized carbons (Fsp3) is 0.625. The van der Waals surface area contributed by atoms with Crippen LogP contribution in [0.3, 0.4) is 0 Å². The molecule has 0 saturated carbocycles. The molecule has 0 fully saturated rings. The summed E-state index contributed by atoms with van der Waals surface area (Å²) in [7, 11) is 0. The maximum Gasteiger partial charge on any atom is 0.0408 e. The van der Waals surface area contributed by atoms with Crippen LogP contribution in [-0.4, -0.2) is 30.6 Å². The van der Waals surface area contributed by atoms with Crippen LogP contribution < -0.4 is 5.32 Å². The highest BCUT2D eigenvalue weighted by molar-refractivity contribution is 6.30. The van der Waals surface area contributed by atoms with Gasteiger partial charge >= 0.3 is 0 Å².